The topological polar surface area (TPSA) is 36.4 Å². The summed E-state index contributed by atoms with van der Waals surface area (Å²) in [6.45, 7) is 0.997. The summed E-state index contributed by atoms with van der Waals surface area (Å²) >= 11 is 0. The predicted octanol–water partition coefficient (Wildman–Crippen LogP) is 2.87. The van der Waals surface area contributed by atoms with Crippen LogP contribution in [-0.4, -0.2) is 25.6 Å². The van der Waals surface area contributed by atoms with Crippen molar-refractivity contribution in [1.29, 1.82) is 0 Å². The Morgan fingerprint density at radius 2 is 2.10 bits per heavy atom. The lowest BCUT2D eigenvalue weighted by Gasteiger charge is -2.11. The number of benzene rings is 1. The lowest BCUT2D eigenvalue weighted by Crippen LogP contribution is -2.39. The van der Waals surface area contributed by atoms with Gasteiger partial charge in [-0.2, -0.15) is 0 Å². The minimum absolute atomic E-state index is 0. The van der Waals surface area contributed by atoms with Gasteiger partial charge in [-0.3, -0.25) is 4.99 Å². The van der Waals surface area contributed by atoms with Gasteiger partial charge in [0.05, 0.1) is 0 Å². The van der Waals surface area contributed by atoms with Gasteiger partial charge < -0.3 is 10.6 Å². The van der Waals surface area contributed by atoms with Crippen LogP contribution in [0.15, 0.2) is 29.3 Å². The van der Waals surface area contributed by atoms with E-state index in [4.69, 9.17) is 0 Å². The minimum Gasteiger partial charge on any atom is -0.356 e. The first kappa shape index (κ1) is 15.5. The highest BCUT2D eigenvalue weighted by Gasteiger charge is 2.40. The molecule has 2 fully saturated rings. The van der Waals surface area contributed by atoms with Crippen molar-refractivity contribution in [2.45, 2.75) is 31.2 Å². The molecule has 2 aliphatic carbocycles. The van der Waals surface area contributed by atoms with E-state index in [1.807, 2.05) is 12.1 Å². The van der Waals surface area contributed by atoms with Crippen LogP contribution in [-0.2, 0) is 0 Å². The zero-order valence-corrected chi connectivity index (χ0v) is 13.9. The van der Waals surface area contributed by atoms with Crippen molar-refractivity contribution < 1.29 is 4.39 Å². The second kappa shape index (κ2) is 6.74. The second-order valence-corrected chi connectivity index (χ2v) is 5.51. The monoisotopic (exact) mass is 389 g/mol. The number of nitrogens with zero attached hydrogens (tertiary/aromatic N) is 1. The zero-order chi connectivity index (χ0) is 13.2. The summed E-state index contributed by atoms with van der Waals surface area (Å²) in [4.78, 5) is 4.22. The van der Waals surface area contributed by atoms with Crippen LogP contribution in [0.25, 0.3) is 0 Å². The number of aliphatic imine (C=N–C) groups is 1. The number of nitrogens with one attached hydrogen (secondary N) is 2. The van der Waals surface area contributed by atoms with E-state index in [-0.39, 0.29) is 35.7 Å². The van der Waals surface area contributed by atoms with Gasteiger partial charge >= 0.3 is 0 Å². The van der Waals surface area contributed by atoms with E-state index in [0.29, 0.717) is 6.04 Å². The molecule has 0 aromatic heterocycles. The highest BCUT2D eigenvalue weighted by atomic mass is 127. The molecule has 2 unspecified atom stereocenters. The normalized spacial score (nSPS) is 24.8. The number of hydrogen-bond donors (Lipinski definition) is 2. The van der Waals surface area contributed by atoms with Crippen LogP contribution in [0.1, 0.15) is 30.7 Å². The summed E-state index contributed by atoms with van der Waals surface area (Å²) in [5.41, 5.74) is 0.817. The fraction of sp³-hybridized carbons (Fsp3) is 0.533. The largest absolute Gasteiger partial charge is 0.356 e. The third-order valence-electron chi connectivity index (χ3n) is 3.90. The van der Waals surface area contributed by atoms with Crippen molar-refractivity contribution >= 4 is 29.9 Å². The van der Waals surface area contributed by atoms with Gasteiger partial charge in [-0.05, 0) is 36.8 Å². The van der Waals surface area contributed by atoms with Gasteiger partial charge in [0.25, 0.3) is 0 Å². The molecule has 110 valence electrons. The maximum atomic E-state index is 13.7. The number of halogens is 2. The Morgan fingerprint density at radius 3 is 2.75 bits per heavy atom. The summed E-state index contributed by atoms with van der Waals surface area (Å²) in [7, 11) is 1.78. The van der Waals surface area contributed by atoms with E-state index in [9.17, 15) is 4.39 Å². The van der Waals surface area contributed by atoms with Crippen LogP contribution in [0.3, 0.4) is 0 Å². The van der Waals surface area contributed by atoms with Gasteiger partial charge in [-0.1, -0.05) is 18.2 Å². The molecule has 0 amide bonds. The Hall–Kier alpha value is -0.850. The van der Waals surface area contributed by atoms with Crippen molar-refractivity contribution in [3.05, 3.63) is 35.6 Å². The molecule has 3 rings (SSSR count). The molecule has 2 atom stereocenters. The van der Waals surface area contributed by atoms with E-state index < -0.39 is 0 Å². The number of rotatable bonds is 4. The van der Waals surface area contributed by atoms with Crippen molar-refractivity contribution in [2.24, 2.45) is 10.9 Å². The van der Waals surface area contributed by atoms with Crippen molar-refractivity contribution in [3.63, 3.8) is 0 Å². The average Bonchev–Trinajstić information content (AvgIpc) is 3.31. The molecule has 2 N–H and O–H groups in total. The molecule has 1 aromatic carbocycles. The smallest absolute Gasteiger partial charge is 0.191 e. The number of guanidine groups is 1. The molecule has 0 aliphatic heterocycles. The van der Waals surface area contributed by atoms with Crippen molar-refractivity contribution in [2.75, 3.05) is 13.6 Å². The maximum Gasteiger partial charge on any atom is 0.191 e. The second-order valence-electron chi connectivity index (χ2n) is 5.51. The molecule has 3 nitrogen and oxygen atoms in total. The maximum absolute atomic E-state index is 13.7. The predicted molar refractivity (Wildman–Crippen MR) is 90.2 cm³/mol. The first-order valence-electron chi connectivity index (χ1n) is 6.99. The molecule has 20 heavy (non-hydrogen) atoms. The summed E-state index contributed by atoms with van der Waals surface area (Å²) in [6.07, 6.45) is 3.63. The van der Waals surface area contributed by atoms with Gasteiger partial charge in [-0.25, -0.2) is 4.39 Å². The van der Waals surface area contributed by atoms with E-state index >= 15 is 0 Å². The zero-order valence-electron chi connectivity index (χ0n) is 11.6. The van der Waals surface area contributed by atoms with Crippen molar-refractivity contribution in [3.8, 4) is 0 Å². The Balaban J connectivity index is 0.00000147. The van der Waals surface area contributed by atoms with Gasteiger partial charge in [0.15, 0.2) is 5.96 Å². The fourth-order valence-corrected chi connectivity index (χ4v) is 2.41. The summed E-state index contributed by atoms with van der Waals surface area (Å²) < 4.78 is 13.7. The SMILES string of the molecule is CN=C(NCC1CC1)NC1CC1c1ccccc1F.I. The van der Waals surface area contributed by atoms with Gasteiger partial charge in [0, 0.05) is 25.6 Å². The van der Waals surface area contributed by atoms with Crippen LogP contribution in [0.4, 0.5) is 4.39 Å². The van der Waals surface area contributed by atoms with E-state index in [1.165, 1.54) is 18.9 Å². The van der Waals surface area contributed by atoms with Crippen molar-refractivity contribution in [1.82, 2.24) is 10.6 Å². The van der Waals surface area contributed by atoms with Gasteiger partial charge in [-0.15, -0.1) is 24.0 Å². The summed E-state index contributed by atoms with van der Waals surface area (Å²) in [5.74, 6) is 1.84. The van der Waals surface area contributed by atoms with Crippen LogP contribution < -0.4 is 10.6 Å². The van der Waals surface area contributed by atoms with Crippen LogP contribution in [0.2, 0.25) is 0 Å². The molecule has 0 bridgehead atoms. The molecule has 0 radical (unpaired) electrons. The van der Waals surface area contributed by atoms with E-state index in [1.54, 1.807) is 13.1 Å². The summed E-state index contributed by atoms with van der Waals surface area (Å²) in [5, 5.41) is 6.71. The third-order valence-corrected chi connectivity index (χ3v) is 3.90. The fourth-order valence-electron chi connectivity index (χ4n) is 2.41. The molecular weight excluding hydrogens is 368 g/mol. The highest BCUT2D eigenvalue weighted by Crippen LogP contribution is 2.41. The first-order chi connectivity index (χ1) is 9.28. The van der Waals surface area contributed by atoms with Gasteiger partial charge in [0.1, 0.15) is 5.82 Å². The first-order valence-corrected chi connectivity index (χ1v) is 6.99. The quantitative estimate of drug-likeness (QED) is 0.472. The van der Waals surface area contributed by atoms with E-state index in [2.05, 4.69) is 15.6 Å². The van der Waals surface area contributed by atoms with Crippen LogP contribution in [0.5, 0.6) is 0 Å². The van der Waals surface area contributed by atoms with Crippen LogP contribution >= 0.6 is 24.0 Å². The molecule has 2 saturated carbocycles. The molecule has 5 heteroatoms. The Bertz CT molecular complexity index is 488. The molecule has 1 aromatic rings. The molecular formula is C15H21FIN3. The summed E-state index contributed by atoms with van der Waals surface area (Å²) in [6, 6.07) is 7.35. The molecule has 2 aliphatic rings. The Morgan fingerprint density at radius 1 is 1.35 bits per heavy atom. The third kappa shape index (κ3) is 3.84. The average molecular weight is 389 g/mol. The Kier molecular flexibility index (Phi) is 5.23. The standard InChI is InChI=1S/C15H20FN3.HI/c1-17-15(18-9-10-6-7-10)19-14-8-12(14)11-4-2-3-5-13(11)16;/h2-5,10,12,14H,6-9H2,1H3,(H2,17,18,19);1H. The van der Waals surface area contributed by atoms with Gasteiger partial charge in [0.2, 0.25) is 0 Å². The van der Waals surface area contributed by atoms with E-state index in [0.717, 1.165) is 30.4 Å². The number of hydrogen-bond acceptors (Lipinski definition) is 1. The minimum atomic E-state index is -0.0993. The highest BCUT2D eigenvalue weighted by molar-refractivity contribution is 14.0. The molecule has 0 spiro atoms. The lowest BCUT2D eigenvalue weighted by atomic mass is 10.1. The lowest BCUT2D eigenvalue weighted by molar-refractivity contribution is 0.607. The van der Waals surface area contributed by atoms with Crippen LogP contribution in [0, 0.1) is 11.7 Å². The Labute approximate surface area is 136 Å². The molecule has 0 heterocycles. The molecule has 0 saturated heterocycles.